The Hall–Kier alpha value is -3.18. The summed E-state index contributed by atoms with van der Waals surface area (Å²) < 4.78 is 45.7. The standard InChI is InChI=1S/C38H60O18.C17H17Cl2NO3/c1-16-11-37-9-5-20-35(2,7-4-8-36(20,3)34(50)55-32-29(49)26(46)23(43)18(13-40)52-32)21(37)6-10-38(16,15-37)56-33-30(27(47)24(44)19(14-41)53-33)54-31-28(48)25(45)22(42)17(12-39)51-31;1-3-22-10-23-17(21)12-6-4-5-7-14(12)20-16-13(18)9-8-11(2)15(16)19/h17-33,39-49H,1,4-15H2,2-3H3;4-9,20H,3,10H2,1-2H3/t17-,18-,19-,20+,21+,22-,23-,24-,25+,26+,27+,28-,29-,30-,31+,32+,33+,35-,36-,37-,38+;/m1./s1. The van der Waals surface area contributed by atoms with E-state index in [1.54, 1.807) is 30.3 Å². The Morgan fingerprint density at radius 3 is 1.97 bits per heavy atom. The van der Waals surface area contributed by atoms with Crippen LogP contribution in [0.25, 0.3) is 0 Å². The molecule has 4 saturated carbocycles. The molecule has 1 spiro atoms. The number of carbonyl (C=O) groups excluding carboxylic acids is 2. The Morgan fingerprint density at radius 2 is 1.33 bits per heavy atom. The van der Waals surface area contributed by atoms with Gasteiger partial charge >= 0.3 is 11.9 Å². The fourth-order valence-corrected chi connectivity index (χ4v) is 14.4. The number of halogens is 2. The van der Waals surface area contributed by atoms with Gasteiger partial charge in [0.05, 0.1) is 57.8 Å². The minimum atomic E-state index is -1.81. The highest BCUT2D eigenvalue weighted by Crippen LogP contribution is 2.74. The van der Waals surface area contributed by atoms with Gasteiger partial charge in [-0.3, -0.25) is 4.79 Å². The molecule has 0 amide bonds. The quantitative estimate of drug-likeness (QED) is 0.0400. The Balaban J connectivity index is 0.000000299. The molecular formula is C55H77Cl2NO21. The summed E-state index contributed by atoms with van der Waals surface area (Å²) in [5.41, 5.74) is 0.571. The lowest BCUT2D eigenvalue weighted by Crippen LogP contribution is -2.65. The van der Waals surface area contributed by atoms with Crippen LogP contribution in [0.4, 0.5) is 11.4 Å². The van der Waals surface area contributed by atoms with Crippen molar-refractivity contribution in [3.8, 4) is 0 Å². The number of fused-ring (bicyclic) bond motifs is 3. The molecular weight excluding hydrogens is 1080 g/mol. The first-order valence-corrected chi connectivity index (χ1v) is 27.7. The predicted molar refractivity (Wildman–Crippen MR) is 279 cm³/mol. The van der Waals surface area contributed by atoms with Crippen molar-refractivity contribution in [2.75, 3.05) is 38.5 Å². The van der Waals surface area contributed by atoms with Gasteiger partial charge in [-0.05, 0) is 124 Å². The molecule has 24 heteroatoms. The monoisotopic (exact) mass is 1160 g/mol. The van der Waals surface area contributed by atoms with Crippen LogP contribution < -0.4 is 5.32 Å². The Morgan fingerprint density at radius 1 is 0.734 bits per heavy atom. The number of carbonyl (C=O) groups is 2. The number of aliphatic hydroxyl groups is 11. The van der Waals surface area contributed by atoms with Gasteiger partial charge in [0.1, 0.15) is 73.2 Å². The summed E-state index contributed by atoms with van der Waals surface area (Å²) in [5.74, 6) is -1.08. The molecule has 2 aromatic carbocycles. The Kier molecular flexibility index (Phi) is 19.5. The first kappa shape index (κ1) is 61.9. The molecule has 442 valence electrons. The first-order chi connectivity index (χ1) is 37.4. The number of esters is 2. The minimum Gasteiger partial charge on any atom is -0.435 e. The number of nitrogens with one attached hydrogen (secondary N) is 1. The molecule has 4 aliphatic carbocycles. The highest BCUT2D eigenvalue weighted by Gasteiger charge is 2.69. The van der Waals surface area contributed by atoms with E-state index in [1.165, 1.54) is 0 Å². The van der Waals surface area contributed by atoms with E-state index in [2.05, 4.69) is 18.8 Å². The number of rotatable bonds is 15. The molecule has 3 saturated heterocycles. The molecule has 2 aromatic rings. The third-order valence-corrected chi connectivity index (χ3v) is 18.9. The molecule has 22 nitrogen and oxygen atoms in total. The maximum Gasteiger partial charge on any atom is 0.342 e. The molecule has 12 N–H and O–H groups in total. The van der Waals surface area contributed by atoms with Gasteiger partial charge in [0.2, 0.25) is 6.29 Å². The average molecular weight is 1160 g/mol. The summed E-state index contributed by atoms with van der Waals surface area (Å²) >= 11 is 12.5. The highest BCUT2D eigenvalue weighted by molar-refractivity contribution is 6.39. The van der Waals surface area contributed by atoms with E-state index in [0.717, 1.165) is 24.0 Å². The minimum absolute atomic E-state index is 0.0877. The van der Waals surface area contributed by atoms with Crippen LogP contribution in [0.15, 0.2) is 48.6 Å². The molecule has 2 bridgehead atoms. The fourth-order valence-electron chi connectivity index (χ4n) is 13.9. The van der Waals surface area contributed by atoms with Crippen molar-refractivity contribution in [3.05, 3.63) is 69.7 Å². The van der Waals surface area contributed by atoms with Crippen LogP contribution in [0.3, 0.4) is 0 Å². The first-order valence-electron chi connectivity index (χ1n) is 27.0. The molecule has 0 unspecified atom stereocenters. The molecule has 7 aliphatic rings. The zero-order valence-electron chi connectivity index (χ0n) is 44.6. The number of benzene rings is 2. The van der Waals surface area contributed by atoms with E-state index in [4.69, 9.17) is 61.1 Å². The SMILES string of the molecule is C=C1C[C@@]23CC[C@H]4[C@@](C)(CCC[C@@]4(C)C(=O)O[C@@H]4O[C@H](CO)[C@@H](O)[C@H](O)[C@H]4O)[C@@H]2CC[C@]1(O[C@@H]1O[C@H](CO)[C@@H](O)[C@H](O)[C@H]1O[C@@H]1O[C@H](CO)[C@@H](O)[C@H](O)[C@H]1O)C3.CCOCOC(=O)c1ccccc1Nc1c(Cl)ccc(C)c1Cl. The van der Waals surface area contributed by atoms with E-state index < -0.39 is 135 Å². The molecule has 9 rings (SSSR count). The van der Waals surface area contributed by atoms with Crippen LogP contribution in [-0.4, -0.2) is 199 Å². The van der Waals surface area contributed by atoms with Crippen molar-refractivity contribution in [2.45, 2.75) is 183 Å². The molecule has 3 heterocycles. The summed E-state index contributed by atoms with van der Waals surface area (Å²) in [4.78, 5) is 26.3. The van der Waals surface area contributed by atoms with Crippen molar-refractivity contribution in [2.24, 2.45) is 28.1 Å². The Labute approximate surface area is 468 Å². The maximum absolute atomic E-state index is 14.1. The van der Waals surface area contributed by atoms with E-state index in [1.807, 2.05) is 26.8 Å². The lowest BCUT2D eigenvalue weighted by molar-refractivity contribution is -0.378. The van der Waals surface area contributed by atoms with Crippen LogP contribution >= 0.6 is 23.2 Å². The molecule has 0 aromatic heterocycles. The van der Waals surface area contributed by atoms with Crippen LogP contribution in [-0.2, 0) is 42.7 Å². The number of aliphatic hydroxyl groups excluding tert-OH is 11. The molecule has 3 aliphatic heterocycles. The molecule has 0 radical (unpaired) electrons. The van der Waals surface area contributed by atoms with Crippen LogP contribution in [0, 0.1) is 35.0 Å². The highest BCUT2D eigenvalue weighted by atomic mass is 35.5. The van der Waals surface area contributed by atoms with Gasteiger partial charge < -0.3 is 99.4 Å². The second kappa shape index (κ2) is 25.0. The maximum atomic E-state index is 14.1. The van der Waals surface area contributed by atoms with E-state index >= 15 is 0 Å². The molecule has 7 fully saturated rings. The topological polar surface area (TPSA) is 343 Å². The number of hydrogen-bond donors (Lipinski definition) is 12. The third-order valence-electron chi connectivity index (χ3n) is 18.1. The van der Waals surface area contributed by atoms with Crippen LogP contribution in [0.2, 0.25) is 10.0 Å². The fraction of sp³-hybridized carbons (Fsp3) is 0.709. The number of para-hydroxylation sites is 1. The molecule has 21 atom stereocenters. The number of hydrogen-bond acceptors (Lipinski definition) is 22. The van der Waals surface area contributed by atoms with Gasteiger partial charge in [-0.2, -0.15) is 0 Å². The second-order valence-electron chi connectivity index (χ2n) is 22.8. The number of ether oxygens (including phenoxy) is 8. The van der Waals surface area contributed by atoms with Crippen molar-refractivity contribution in [1.29, 1.82) is 0 Å². The number of aryl methyl sites for hydroxylation is 1. The van der Waals surface area contributed by atoms with Crippen LogP contribution in [0.1, 0.15) is 94.5 Å². The van der Waals surface area contributed by atoms with Gasteiger partial charge in [-0.15, -0.1) is 0 Å². The van der Waals surface area contributed by atoms with E-state index in [-0.39, 0.29) is 29.5 Å². The second-order valence-corrected chi connectivity index (χ2v) is 23.5. The van der Waals surface area contributed by atoms with Crippen molar-refractivity contribution in [1.82, 2.24) is 0 Å². The van der Waals surface area contributed by atoms with Gasteiger partial charge in [0.25, 0.3) is 0 Å². The lowest BCUT2D eigenvalue weighted by atomic mass is 9.41. The summed E-state index contributed by atoms with van der Waals surface area (Å²) in [7, 11) is 0. The van der Waals surface area contributed by atoms with Gasteiger partial charge in [-0.25, -0.2) is 4.79 Å². The van der Waals surface area contributed by atoms with Crippen LogP contribution in [0.5, 0.6) is 0 Å². The van der Waals surface area contributed by atoms with E-state index in [9.17, 15) is 65.8 Å². The predicted octanol–water partition coefficient (Wildman–Crippen LogP) is 2.26. The van der Waals surface area contributed by atoms with Crippen molar-refractivity contribution >= 4 is 46.5 Å². The van der Waals surface area contributed by atoms with Gasteiger partial charge in [0.15, 0.2) is 19.4 Å². The number of anilines is 2. The van der Waals surface area contributed by atoms with E-state index in [0.29, 0.717) is 78.5 Å². The Bertz CT molecular complexity index is 2470. The summed E-state index contributed by atoms with van der Waals surface area (Å²) in [6.07, 6.45) is -17.8. The van der Waals surface area contributed by atoms with Gasteiger partial charge in [0, 0.05) is 6.61 Å². The zero-order valence-corrected chi connectivity index (χ0v) is 46.2. The summed E-state index contributed by atoms with van der Waals surface area (Å²) in [6, 6.07) is 10.6. The summed E-state index contributed by atoms with van der Waals surface area (Å²) in [5, 5.41) is 118. The normalized spacial score (nSPS) is 41.7. The zero-order chi connectivity index (χ0) is 57.5. The summed E-state index contributed by atoms with van der Waals surface area (Å²) in [6.45, 7) is 10.6. The average Bonchev–Trinajstić information content (AvgIpc) is 3.83. The largest absolute Gasteiger partial charge is 0.435 e. The smallest absolute Gasteiger partial charge is 0.342 e. The molecule has 79 heavy (non-hydrogen) atoms. The van der Waals surface area contributed by atoms with Crippen molar-refractivity contribution in [3.63, 3.8) is 0 Å². The van der Waals surface area contributed by atoms with Gasteiger partial charge in [-0.1, -0.05) is 61.3 Å². The van der Waals surface area contributed by atoms with Crippen molar-refractivity contribution < 1.29 is 104 Å². The third kappa shape index (κ3) is 11.7. The lowest BCUT2D eigenvalue weighted by Gasteiger charge is -2.64.